The van der Waals surface area contributed by atoms with Gasteiger partial charge in [-0.05, 0) is 34.9 Å². The minimum atomic E-state index is -0.326. The van der Waals surface area contributed by atoms with E-state index in [1.165, 1.54) is 6.20 Å². The maximum Gasteiger partial charge on any atom is 0.302 e. The number of oxazole rings is 1. The lowest BCUT2D eigenvalue weighted by Gasteiger charge is -2.11. The lowest BCUT2D eigenvalue weighted by atomic mass is 10.3. The van der Waals surface area contributed by atoms with Crippen LogP contribution in [0.2, 0.25) is 0 Å². The topological polar surface area (TPSA) is 121 Å². The Morgan fingerprint density at radius 3 is 2.64 bits per heavy atom. The first-order valence-corrected chi connectivity index (χ1v) is 7.98. The second kappa shape index (κ2) is 8.38. The third-order valence-electron chi connectivity index (χ3n) is 2.96. The number of carbonyl (C=O) groups excluding carboxylic acids is 1. The van der Waals surface area contributed by atoms with Gasteiger partial charge in [-0.15, -0.1) is 0 Å². The highest BCUT2D eigenvalue weighted by atomic mass is 16.4. The highest BCUT2D eigenvalue weighted by Crippen LogP contribution is 2.14. The first-order valence-electron chi connectivity index (χ1n) is 7.98. The highest BCUT2D eigenvalue weighted by molar-refractivity contribution is 5.91. The number of aryl methyl sites for hydroxylation is 1. The quantitative estimate of drug-likeness (QED) is 0.642. The molecule has 0 aliphatic rings. The lowest BCUT2D eigenvalue weighted by Crippen LogP contribution is -2.29. The number of hydrogen-bond acceptors (Lipinski definition) is 9. The molecule has 0 spiro atoms. The number of rotatable bonds is 8. The fraction of sp³-hybridized carbons (Fsp3) is 0.533. The van der Waals surface area contributed by atoms with Crippen LogP contribution < -0.4 is 16.0 Å². The molecule has 0 fully saturated rings. The molecule has 2 heterocycles. The van der Waals surface area contributed by atoms with Gasteiger partial charge < -0.3 is 20.0 Å². The molecule has 10 heteroatoms. The van der Waals surface area contributed by atoms with E-state index in [0.29, 0.717) is 18.3 Å². The van der Waals surface area contributed by atoms with Crippen molar-refractivity contribution in [3.05, 3.63) is 17.8 Å². The van der Waals surface area contributed by atoms with E-state index in [9.17, 15) is 4.79 Å². The average Bonchev–Trinajstić information content (AvgIpc) is 2.94. The van der Waals surface area contributed by atoms with E-state index < -0.39 is 0 Å². The number of hydrogen-bond donors (Lipinski definition) is 3. The number of aromatic nitrogens is 4. The maximum atomic E-state index is 11.9. The van der Waals surface area contributed by atoms with E-state index >= 15 is 0 Å². The smallest absolute Gasteiger partial charge is 0.302 e. The van der Waals surface area contributed by atoms with Crippen LogP contribution in [0.25, 0.3) is 0 Å². The predicted molar refractivity (Wildman–Crippen MR) is 94.0 cm³/mol. The summed E-state index contributed by atoms with van der Waals surface area (Å²) in [5, 5.41) is 8.70. The molecule has 0 aliphatic heterocycles. The monoisotopic (exact) mass is 348 g/mol. The van der Waals surface area contributed by atoms with Crippen LogP contribution in [0.15, 0.2) is 10.6 Å². The van der Waals surface area contributed by atoms with Gasteiger partial charge in [0.15, 0.2) is 0 Å². The Kier molecular flexibility index (Phi) is 6.23. The summed E-state index contributed by atoms with van der Waals surface area (Å²) in [5.41, 5.74) is 0. The van der Waals surface area contributed by atoms with Gasteiger partial charge in [-0.1, -0.05) is 0 Å². The third kappa shape index (κ3) is 5.99. The molecule has 1 amide bonds. The molecular formula is C15H24N8O2. The van der Waals surface area contributed by atoms with Gasteiger partial charge in [-0.2, -0.15) is 15.0 Å². The summed E-state index contributed by atoms with van der Waals surface area (Å²) in [6.45, 7) is 7.05. The Bertz CT molecular complexity index is 713. The second-order valence-electron chi connectivity index (χ2n) is 6.04. The van der Waals surface area contributed by atoms with Gasteiger partial charge in [0.25, 0.3) is 5.91 Å². The van der Waals surface area contributed by atoms with Crippen LogP contribution in [-0.2, 0) is 0 Å². The number of nitrogens with zero attached hydrogens (tertiary/aromatic N) is 5. The van der Waals surface area contributed by atoms with Crippen molar-refractivity contribution < 1.29 is 9.21 Å². The second-order valence-corrected chi connectivity index (χ2v) is 6.04. The molecule has 0 unspecified atom stereocenters. The van der Waals surface area contributed by atoms with Crippen molar-refractivity contribution >= 4 is 23.8 Å². The van der Waals surface area contributed by atoms with E-state index in [0.717, 1.165) is 6.54 Å². The van der Waals surface area contributed by atoms with E-state index in [-0.39, 0.29) is 29.7 Å². The van der Waals surface area contributed by atoms with Crippen molar-refractivity contribution in [3.63, 3.8) is 0 Å². The zero-order valence-electron chi connectivity index (χ0n) is 15.1. The van der Waals surface area contributed by atoms with Gasteiger partial charge in [0.1, 0.15) is 5.82 Å². The first kappa shape index (κ1) is 18.6. The number of carbonyl (C=O) groups is 1. The van der Waals surface area contributed by atoms with Gasteiger partial charge in [-0.3, -0.25) is 10.1 Å². The minimum Gasteiger partial charge on any atom is -0.418 e. The van der Waals surface area contributed by atoms with Crippen molar-refractivity contribution in [2.45, 2.75) is 26.8 Å². The standard InChI is InChI=1S/C15H24N8O2/c1-9(2)18-12(24)11-8-17-15(25-11)22-14-20-10(3)19-13(21-14)16-6-7-23(4)5/h8-9H,6-7H2,1-5H3,(H,18,24)(H2,16,17,19,20,21,22). The molecule has 3 N–H and O–H groups in total. The van der Waals surface area contributed by atoms with Crippen molar-refractivity contribution in [1.82, 2.24) is 30.2 Å². The molecule has 25 heavy (non-hydrogen) atoms. The summed E-state index contributed by atoms with van der Waals surface area (Å²) in [5.74, 6) is 1.09. The van der Waals surface area contributed by atoms with Gasteiger partial charge in [0.2, 0.25) is 17.7 Å². The summed E-state index contributed by atoms with van der Waals surface area (Å²) >= 11 is 0. The van der Waals surface area contributed by atoms with Crippen LogP contribution in [0, 0.1) is 6.92 Å². The van der Waals surface area contributed by atoms with Crippen LogP contribution in [0.5, 0.6) is 0 Å². The first-order chi connectivity index (χ1) is 11.8. The lowest BCUT2D eigenvalue weighted by molar-refractivity contribution is 0.0916. The molecule has 0 saturated carbocycles. The van der Waals surface area contributed by atoms with Crippen molar-refractivity contribution in [1.29, 1.82) is 0 Å². The molecular weight excluding hydrogens is 324 g/mol. The average molecular weight is 348 g/mol. The van der Waals surface area contributed by atoms with Crippen molar-refractivity contribution in [3.8, 4) is 0 Å². The normalized spacial score (nSPS) is 11.0. The van der Waals surface area contributed by atoms with Gasteiger partial charge in [0, 0.05) is 19.1 Å². The number of likely N-dealkylation sites (N-methyl/N-ethyl adjacent to an activating group) is 1. The van der Waals surface area contributed by atoms with E-state index in [2.05, 4.69) is 40.8 Å². The summed E-state index contributed by atoms with van der Waals surface area (Å²) in [4.78, 5) is 30.6. The molecule has 0 aromatic carbocycles. The van der Waals surface area contributed by atoms with E-state index in [1.54, 1.807) is 6.92 Å². The zero-order chi connectivity index (χ0) is 18.4. The van der Waals surface area contributed by atoms with Crippen LogP contribution in [0.1, 0.15) is 30.2 Å². The van der Waals surface area contributed by atoms with Gasteiger partial charge >= 0.3 is 6.01 Å². The SMILES string of the molecule is Cc1nc(NCCN(C)C)nc(Nc2ncc(C(=O)NC(C)C)o2)n1. The summed E-state index contributed by atoms with van der Waals surface area (Å²) in [6.07, 6.45) is 1.35. The Balaban J connectivity index is 2.03. The van der Waals surface area contributed by atoms with Crippen LogP contribution in [0.3, 0.4) is 0 Å². The predicted octanol–water partition coefficient (Wildman–Crippen LogP) is 1.02. The molecule has 2 rings (SSSR count). The fourth-order valence-corrected chi connectivity index (χ4v) is 1.87. The molecule has 0 radical (unpaired) electrons. The maximum absolute atomic E-state index is 11.9. The molecule has 0 saturated heterocycles. The molecule has 0 aliphatic carbocycles. The largest absolute Gasteiger partial charge is 0.418 e. The zero-order valence-corrected chi connectivity index (χ0v) is 15.1. The van der Waals surface area contributed by atoms with Crippen molar-refractivity contribution in [2.24, 2.45) is 0 Å². The Morgan fingerprint density at radius 1 is 1.24 bits per heavy atom. The molecule has 136 valence electrons. The van der Waals surface area contributed by atoms with E-state index in [1.807, 2.05) is 27.9 Å². The third-order valence-corrected chi connectivity index (χ3v) is 2.96. The molecule has 10 nitrogen and oxygen atoms in total. The van der Waals surface area contributed by atoms with Gasteiger partial charge in [0.05, 0.1) is 6.20 Å². The number of anilines is 3. The minimum absolute atomic E-state index is 0.0102. The Hall–Kier alpha value is -2.75. The Labute approximate surface area is 146 Å². The highest BCUT2D eigenvalue weighted by Gasteiger charge is 2.14. The fourth-order valence-electron chi connectivity index (χ4n) is 1.87. The molecule has 2 aromatic rings. The van der Waals surface area contributed by atoms with Crippen LogP contribution >= 0.6 is 0 Å². The number of amides is 1. The molecule has 2 aromatic heterocycles. The number of nitrogens with one attached hydrogen (secondary N) is 3. The molecule has 0 atom stereocenters. The van der Waals surface area contributed by atoms with E-state index in [4.69, 9.17) is 4.42 Å². The van der Waals surface area contributed by atoms with Crippen LogP contribution in [0.4, 0.5) is 17.9 Å². The summed E-state index contributed by atoms with van der Waals surface area (Å²) < 4.78 is 5.38. The molecule has 0 bridgehead atoms. The summed E-state index contributed by atoms with van der Waals surface area (Å²) in [7, 11) is 3.98. The summed E-state index contributed by atoms with van der Waals surface area (Å²) in [6, 6.07) is 0.148. The van der Waals surface area contributed by atoms with Crippen LogP contribution in [-0.4, -0.2) is 64.0 Å². The van der Waals surface area contributed by atoms with Crippen molar-refractivity contribution in [2.75, 3.05) is 37.8 Å². The Morgan fingerprint density at radius 2 is 1.96 bits per heavy atom. The van der Waals surface area contributed by atoms with Gasteiger partial charge in [-0.25, -0.2) is 4.98 Å².